The zero-order valence-electron chi connectivity index (χ0n) is 9.82. The van der Waals surface area contributed by atoms with E-state index in [0.29, 0.717) is 5.56 Å². The van der Waals surface area contributed by atoms with E-state index >= 15 is 0 Å². The molecule has 0 bridgehead atoms. The van der Waals surface area contributed by atoms with E-state index in [1.807, 2.05) is 0 Å². The first-order chi connectivity index (χ1) is 8.90. The number of alkyl halides is 2. The minimum Gasteiger partial charge on any atom is -0.507 e. The average Bonchev–Trinajstić information content (AvgIpc) is 2.81. The molecule has 0 radical (unpaired) electrons. The standard InChI is InChI=1S/C12H10F2N2O3/c1-5-2-6(3-7(10(5)17)11(13)14)8-4-9(12(18)19)16-15-8/h2-4,11,17H,1H3,(H,15,16)(H,18,19). The number of aromatic amines is 1. The number of hydrogen-bond acceptors (Lipinski definition) is 3. The van der Waals surface area contributed by atoms with E-state index in [-0.39, 0.29) is 17.0 Å². The normalized spacial score (nSPS) is 10.9. The summed E-state index contributed by atoms with van der Waals surface area (Å²) in [5, 5.41) is 24.3. The molecule has 7 heteroatoms. The van der Waals surface area contributed by atoms with Gasteiger partial charge in [0, 0.05) is 5.56 Å². The molecule has 0 amide bonds. The van der Waals surface area contributed by atoms with Gasteiger partial charge in [-0.2, -0.15) is 5.10 Å². The third-order valence-electron chi connectivity index (χ3n) is 2.67. The minimum atomic E-state index is -2.82. The van der Waals surface area contributed by atoms with Crippen molar-refractivity contribution in [3.63, 3.8) is 0 Å². The number of hydrogen-bond donors (Lipinski definition) is 3. The van der Waals surface area contributed by atoms with E-state index in [4.69, 9.17) is 5.11 Å². The Hall–Kier alpha value is -2.44. The molecule has 0 aliphatic rings. The smallest absolute Gasteiger partial charge is 0.353 e. The number of carboxylic acids is 1. The number of H-pyrrole nitrogens is 1. The zero-order chi connectivity index (χ0) is 14.2. The largest absolute Gasteiger partial charge is 0.507 e. The van der Waals surface area contributed by atoms with Gasteiger partial charge in [-0.3, -0.25) is 5.10 Å². The lowest BCUT2D eigenvalue weighted by Gasteiger charge is -2.08. The number of rotatable bonds is 3. The second-order valence-corrected chi connectivity index (χ2v) is 4.00. The van der Waals surface area contributed by atoms with E-state index in [1.54, 1.807) is 0 Å². The molecule has 0 saturated carbocycles. The summed E-state index contributed by atoms with van der Waals surface area (Å²) in [5.74, 6) is -1.66. The van der Waals surface area contributed by atoms with Crippen molar-refractivity contribution in [2.45, 2.75) is 13.3 Å². The number of carboxylic acid groups (broad SMARTS) is 1. The summed E-state index contributed by atoms with van der Waals surface area (Å²) in [6, 6.07) is 3.79. The van der Waals surface area contributed by atoms with Crippen molar-refractivity contribution >= 4 is 5.97 Å². The van der Waals surface area contributed by atoms with Gasteiger partial charge in [-0.15, -0.1) is 0 Å². The van der Waals surface area contributed by atoms with Crippen LogP contribution in [0.2, 0.25) is 0 Å². The average molecular weight is 268 g/mol. The SMILES string of the molecule is Cc1cc(-c2cc(C(=O)O)[nH]n2)cc(C(F)F)c1O. The Labute approximate surface area is 106 Å². The number of benzene rings is 1. The van der Waals surface area contributed by atoms with Gasteiger partial charge in [0.1, 0.15) is 11.4 Å². The quantitative estimate of drug-likeness (QED) is 0.798. The molecule has 2 rings (SSSR count). The monoisotopic (exact) mass is 268 g/mol. The lowest BCUT2D eigenvalue weighted by Crippen LogP contribution is -1.95. The summed E-state index contributed by atoms with van der Waals surface area (Å²) in [6.45, 7) is 1.48. The second-order valence-electron chi connectivity index (χ2n) is 4.00. The third-order valence-corrected chi connectivity index (χ3v) is 2.67. The maximum atomic E-state index is 12.8. The van der Waals surface area contributed by atoms with Crippen LogP contribution in [0.4, 0.5) is 8.78 Å². The van der Waals surface area contributed by atoms with Gasteiger partial charge in [0.25, 0.3) is 6.43 Å². The van der Waals surface area contributed by atoms with Gasteiger partial charge in [-0.1, -0.05) is 0 Å². The molecular weight excluding hydrogens is 258 g/mol. The third kappa shape index (κ3) is 2.40. The maximum absolute atomic E-state index is 12.8. The highest BCUT2D eigenvalue weighted by Crippen LogP contribution is 2.35. The van der Waals surface area contributed by atoms with E-state index in [9.17, 15) is 18.7 Å². The number of nitrogens with zero attached hydrogens (tertiary/aromatic N) is 1. The molecule has 0 fully saturated rings. The summed E-state index contributed by atoms with van der Waals surface area (Å²) in [5.41, 5.74) is 0.165. The second kappa shape index (κ2) is 4.68. The van der Waals surface area contributed by atoms with Crippen molar-refractivity contribution in [3.05, 3.63) is 35.0 Å². The predicted octanol–water partition coefficient (Wildman–Crippen LogP) is 2.73. The summed E-state index contributed by atoms with van der Waals surface area (Å²) in [6.07, 6.45) is -2.82. The predicted molar refractivity (Wildman–Crippen MR) is 62.3 cm³/mol. The van der Waals surface area contributed by atoms with Crippen LogP contribution in [0.3, 0.4) is 0 Å². The first-order valence-corrected chi connectivity index (χ1v) is 5.31. The lowest BCUT2D eigenvalue weighted by atomic mass is 10.0. The molecule has 5 nitrogen and oxygen atoms in total. The van der Waals surface area contributed by atoms with Crippen LogP contribution in [0.5, 0.6) is 5.75 Å². The Morgan fingerprint density at radius 1 is 1.37 bits per heavy atom. The van der Waals surface area contributed by atoms with Crippen LogP contribution in [0.1, 0.15) is 28.0 Å². The van der Waals surface area contributed by atoms with Gasteiger partial charge in [0.2, 0.25) is 0 Å². The summed E-state index contributed by atoms with van der Waals surface area (Å²) < 4.78 is 25.5. The highest BCUT2D eigenvalue weighted by Gasteiger charge is 2.18. The van der Waals surface area contributed by atoms with Gasteiger partial charge in [0.05, 0.1) is 11.3 Å². The number of phenols is 1. The van der Waals surface area contributed by atoms with E-state index in [1.165, 1.54) is 19.1 Å². The molecule has 1 heterocycles. The summed E-state index contributed by atoms with van der Waals surface area (Å²) >= 11 is 0. The molecule has 0 saturated heterocycles. The van der Waals surface area contributed by atoms with Crippen molar-refractivity contribution in [3.8, 4) is 17.0 Å². The minimum absolute atomic E-state index is 0.140. The molecule has 1 aromatic carbocycles. The molecule has 100 valence electrons. The van der Waals surface area contributed by atoms with Crippen LogP contribution in [-0.2, 0) is 0 Å². The number of aromatic nitrogens is 2. The van der Waals surface area contributed by atoms with Gasteiger partial charge >= 0.3 is 5.97 Å². The first kappa shape index (κ1) is 13.0. The fourth-order valence-electron chi connectivity index (χ4n) is 1.70. The Morgan fingerprint density at radius 2 is 2.05 bits per heavy atom. The topological polar surface area (TPSA) is 86.2 Å². The number of halogens is 2. The van der Waals surface area contributed by atoms with Crippen LogP contribution >= 0.6 is 0 Å². The summed E-state index contributed by atoms with van der Waals surface area (Å²) in [7, 11) is 0. The highest BCUT2D eigenvalue weighted by molar-refractivity contribution is 5.86. The number of aromatic carboxylic acids is 1. The Bertz CT molecular complexity index is 638. The van der Waals surface area contributed by atoms with E-state index < -0.39 is 23.7 Å². The Morgan fingerprint density at radius 3 is 2.58 bits per heavy atom. The molecule has 3 N–H and O–H groups in total. The van der Waals surface area contributed by atoms with Gasteiger partial charge in [-0.25, -0.2) is 13.6 Å². The molecule has 0 aliphatic carbocycles. The molecule has 1 aromatic heterocycles. The zero-order valence-corrected chi connectivity index (χ0v) is 9.82. The van der Waals surface area contributed by atoms with Crippen LogP contribution in [0, 0.1) is 6.92 Å². The van der Waals surface area contributed by atoms with Crippen molar-refractivity contribution in [1.29, 1.82) is 0 Å². The Kier molecular flexibility index (Phi) is 3.20. The van der Waals surface area contributed by atoms with E-state index in [0.717, 1.165) is 6.07 Å². The fraction of sp³-hybridized carbons (Fsp3) is 0.167. The number of aromatic hydroxyl groups is 1. The summed E-state index contributed by atoms with van der Waals surface area (Å²) in [4.78, 5) is 10.7. The van der Waals surface area contributed by atoms with Crippen LogP contribution in [-0.4, -0.2) is 26.4 Å². The number of carbonyl (C=O) groups is 1. The number of aryl methyl sites for hydroxylation is 1. The van der Waals surface area contributed by atoms with E-state index in [2.05, 4.69) is 10.2 Å². The van der Waals surface area contributed by atoms with Gasteiger partial charge in [0.15, 0.2) is 0 Å². The highest BCUT2D eigenvalue weighted by atomic mass is 19.3. The maximum Gasteiger partial charge on any atom is 0.353 e. The van der Waals surface area contributed by atoms with Crippen LogP contribution in [0.15, 0.2) is 18.2 Å². The van der Waals surface area contributed by atoms with Gasteiger partial charge in [-0.05, 0) is 30.7 Å². The van der Waals surface area contributed by atoms with Crippen LogP contribution < -0.4 is 0 Å². The molecule has 0 atom stereocenters. The molecule has 0 aliphatic heterocycles. The molecule has 2 aromatic rings. The van der Waals surface area contributed by atoms with Crippen LogP contribution in [0.25, 0.3) is 11.3 Å². The van der Waals surface area contributed by atoms with Crippen molar-refractivity contribution < 1.29 is 23.8 Å². The first-order valence-electron chi connectivity index (χ1n) is 5.31. The lowest BCUT2D eigenvalue weighted by molar-refractivity contribution is 0.0690. The Balaban J connectivity index is 2.53. The van der Waals surface area contributed by atoms with Crippen molar-refractivity contribution in [2.24, 2.45) is 0 Å². The molecular formula is C12H10F2N2O3. The molecule has 0 unspecified atom stereocenters. The fourth-order valence-corrected chi connectivity index (χ4v) is 1.70. The number of nitrogens with one attached hydrogen (secondary N) is 1. The molecule has 0 spiro atoms. The van der Waals surface area contributed by atoms with Crippen molar-refractivity contribution in [1.82, 2.24) is 10.2 Å². The van der Waals surface area contributed by atoms with Crippen molar-refractivity contribution in [2.75, 3.05) is 0 Å². The number of phenolic OH excluding ortho intramolecular Hbond substituents is 1. The molecule has 19 heavy (non-hydrogen) atoms. The van der Waals surface area contributed by atoms with Gasteiger partial charge < -0.3 is 10.2 Å².